The number of halogens is 1. The monoisotopic (exact) mass is 465 g/mol. The summed E-state index contributed by atoms with van der Waals surface area (Å²) in [6, 6.07) is 15.9. The van der Waals surface area contributed by atoms with Gasteiger partial charge in [-0.05, 0) is 36.8 Å². The second-order valence-corrected chi connectivity index (χ2v) is 7.02. The van der Waals surface area contributed by atoms with E-state index in [1.54, 1.807) is 24.3 Å². The molecule has 0 unspecified atom stereocenters. The van der Waals surface area contributed by atoms with Gasteiger partial charge in [0, 0.05) is 10.0 Å². The van der Waals surface area contributed by atoms with Gasteiger partial charge in [-0.3, -0.25) is 9.59 Å². The molecule has 0 radical (unpaired) electrons. The van der Waals surface area contributed by atoms with E-state index in [1.165, 1.54) is 20.2 Å². The summed E-state index contributed by atoms with van der Waals surface area (Å²) in [5, 5.41) is 17.6. The zero-order valence-corrected chi connectivity index (χ0v) is 17.7. The van der Waals surface area contributed by atoms with Crippen molar-refractivity contribution in [3.05, 3.63) is 85.7 Å². The van der Waals surface area contributed by atoms with Crippen LogP contribution in [-0.4, -0.2) is 29.0 Å². The van der Waals surface area contributed by atoms with E-state index in [-0.39, 0.29) is 16.8 Å². The Balaban J connectivity index is 2.01. The molecule has 150 valence electrons. The zero-order valence-electron chi connectivity index (χ0n) is 16.1. The summed E-state index contributed by atoms with van der Waals surface area (Å²) in [6.07, 6.45) is 1.47. The Morgan fingerprint density at radius 2 is 2.07 bits per heavy atom. The molecule has 1 heterocycles. The number of para-hydroxylation sites is 2. The molecule has 8 nitrogen and oxygen atoms in total. The van der Waals surface area contributed by atoms with Crippen LogP contribution < -0.4 is 15.7 Å². The minimum Gasteiger partial charge on any atom is -0.494 e. The molecule has 1 amide bonds. The number of hydrogen-bond acceptors (Lipinski definition) is 6. The summed E-state index contributed by atoms with van der Waals surface area (Å²) in [4.78, 5) is 25.4. The lowest BCUT2D eigenvalue weighted by Gasteiger charge is -2.13. The molecule has 2 aromatic carbocycles. The van der Waals surface area contributed by atoms with E-state index in [1.807, 2.05) is 30.3 Å². The van der Waals surface area contributed by atoms with Crippen LogP contribution in [0.15, 0.2) is 62.9 Å². The number of nitrogens with zero attached hydrogens (tertiary/aromatic N) is 4. The van der Waals surface area contributed by atoms with Crippen LogP contribution in [0.5, 0.6) is 5.75 Å². The summed E-state index contributed by atoms with van der Waals surface area (Å²) in [6.45, 7) is 1.49. The zero-order chi connectivity index (χ0) is 21.7. The maximum absolute atomic E-state index is 12.8. The lowest BCUT2D eigenvalue weighted by Crippen LogP contribution is -2.31. The number of carbonyl (C=O) groups is 1. The number of carbonyl (C=O) groups excluding carboxylic acids is 1. The van der Waals surface area contributed by atoms with Gasteiger partial charge in [-0.25, -0.2) is 5.43 Å². The molecule has 0 atom stereocenters. The summed E-state index contributed by atoms with van der Waals surface area (Å²) in [5.74, 6) is -0.280. The lowest BCUT2D eigenvalue weighted by molar-refractivity contribution is 0.0947. The van der Waals surface area contributed by atoms with E-state index in [4.69, 9.17) is 4.74 Å². The van der Waals surface area contributed by atoms with Crippen LogP contribution in [-0.2, 0) is 0 Å². The van der Waals surface area contributed by atoms with Crippen molar-refractivity contribution in [3.63, 3.8) is 0 Å². The van der Waals surface area contributed by atoms with Crippen LogP contribution >= 0.6 is 15.9 Å². The second-order valence-electron chi connectivity index (χ2n) is 6.10. The largest absolute Gasteiger partial charge is 0.494 e. The summed E-state index contributed by atoms with van der Waals surface area (Å²) in [5.41, 5.74) is 2.71. The number of amides is 1. The van der Waals surface area contributed by atoms with Gasteiger partial charge >= 0.3 is 0 Å². The molecule has 1 aromatic heterocycles. The molecular formula is C21H16BrN5O3. The van der Waals surface area contributed by atoms with Crippen molar-refractivity contribution in [2.75, 3.05) is 7.11 Å². The Morgan fingerprint density at radius 1 is 1.30 bits per heavy atom. The maximum Gasteiger partial charge on any atom is 0.292 e. The molecule has 9 heteroatoms. The third-order valence-corrected chi connectivity index (χ3v) is 4.70. The topological polar surface area (TPSA) is 109 Å². The molecule has 30 heavy (non-hydrogen) atoms. The number of nitrogens with one attached hydrogen (secondary N) is 1. The molecular weight excluding hydrogens is 450 g/mol. The molecule has 0 bridgehead atoms. The van der Waals surface area contributed by atoms with Gasteiger partial charge in [0.1, 0.15) is 23.1 Å². The van der Waals surface area contributed by atoms with Crippen molar-refractivity contribution in [2.24, 2.45) is 5.10 Å². The molecule has 0 aliphatic rings. The standard InChI is InChI=1S/C21H16BrN5O3/c1-13-16(11-23)21(29)27(17-8-3-4-9-18(17)30-2)26-19(13)20(28)25-24-12-14-6-5-7-15(22)10-14/h3-10,12H,1-2H3,(H,25,28)/b24-12+. The van der Waals surface area contributed by atoms with Crippen LogP contribution in [0.25, 0.3) is 5.69 Å². The van der Waals surface area contributed by atoms with Gasteiger partial charge in [-0.1, -0.05) is 40.2 Å². The average molecular weight is 466 g/mol. The van der Waals surface area contributed by atoms with Gasteiger partial charge in [0.2, 0.25) is 0 Å². The highest BCUT2D eigenvalue weighted by Gasteiger charge is 2.21. The smallest absolute Gasteiger partial charge is 0.292 e. The fourth-order valence-corrected chi connectivity index (χ4v) is 3.14. The second kappa shape index (κ2) is 9.15. The number of aromatic nitrogens is 2. The molecule has 0 aliphatic heterocycles. The number of nitriles is 1. The summed E-state index contributed by atoms with van der Waals surface area (Å²) >= 11 is 3.36. The van der Waals surface area contributed by atoms with Crippen LogP contribution in [0.3, 0.4) is 0 Å². The number of benzene rings is 2. The van der Waals surface area contributed by atoms with Gasteiger partial charge in [0.05, 0.1) is 13.3 Å². The highest BCUT2D eigenvalue weighted by atomic mass is 79.9. The Labute approximate surface area is 180 Å². The third kappa shape index (κ3) is 4.29. The van der Waals surface area contributed by atoms with Crippen molar-refractivity contribution in [1.82, 2.24) is 15.2 Å². The predicted octanol–water partition coefficient (Wildman–Crippen LogP) is 2.95. The third-order valence-electron chi connectivity index (χ3n) is 4.21. The highest BCUT2D eigenvalue weighted by molar-refractivity contribution is 9.10. The summed E-state index contributed by atoms with van der Waals surface area (Å²) < 4.78 is 7.13. The summed E-state index contributed by atoms with van der Waals surface area (Å²) in [7, 11) is 1.45. The van der Waals surface area contributed by atoms with Crippen molar-refractivity contribution in [3.8, 4) is 17.5 Å². The minimum absolute atomic E-state index is 0.0940. The van der Waals surface area contributed by atoms with Crippen LogP contribution in [0.2, 0.25) is 0 Å². The van der Waals surface area contributed by atoms with E-state index in [2.05, 4.69) is 31.6 Å². The minimum atomic E-state index is -0.654. The van der Waals surface area contributed by atoms with Gasteiger partial charge < -0.3 is 4.74 Å². The average Bonchev–Trinajstić information content (AvgIpc) is 2.74. The quantitative estimate of drug-likeness (QED) is 0.460. The molecule has 1 N–H and O–H groups in total. The van der Waals surface area contributed by atoms with Gasteiger partial charge in [-0.2, -0.15) is 20.1 Å². The van der Waals surface area contributed by atoms with Crippen molar-refractivity contribution in [1.29, 1.82) is 5.26 Å². The molecule has 3 aromatic rings. The van der Waals surface area contributed by atoms with Gasteiger partial charge in [-0.15, -0.1) is 0 Å². The first-order valence-electron chi connectivity index (χ1n) is 8.72. The van der Waals surface area contributed by atoms with E-state index in [0.29, 0.717) is 11.4 Å². The first kappa shape index (κ1) is 21.0. The number of hydrazone groups is 1. The Morgan fingerprint density at radius 3 is 2.77 bits per heavy atom. The molecule has 0 saturated heterocycles. The lowest BCUT2D eigenvalue weighted by atomic mass is 10.1. The van der Waals surface area contributed by atoms with E-state index in [0.717, 1.165) is 14.7 Å². The van der Waals surface area contributed by atoms with Gasteiger partial charge in [0.25, 0.3) is 11.5 Å². The Kier molecular flexibility index (Phi) is 6.39. The van der Waals surface area contributed by atoms with Gasteiger partial charge in [0.15, 0.2) is 5.69 Å². The number of ether oxygens (including phenoxy) is 1. The fraction of sp³-hybridized carbons (Fsp3) is 0.0952. The predicted molar refractivity (Wildman–Crippen MR) is 115 cm³/mol. The first-order valence-corrected chi connectivity index (χ1v) is 9.52. The van der Waals surface area contributed by atoms with E-state index < -0.39 is 11.5 Å². The number of rotatable bonds is 5. The highest BCUT2D eigenvalue weighted by Crippen LogP contribution is 2.21. The van der Waals surface area contributed by atoms with E-state index >= 15 is 0 Å². The maximum atomic E-state index is 12.8. The molecule has 0 spiro atoms. The Hall–Kier alpha value is -3.77. The number of methoxy groups -OCH3 is 1. The van der Waals surface area contributed by atoms with Crippen LogP contribution in [0.1, 0.15) is 27.2 Å². The molecule has 0 saturated carbocycles. The first-order chi connectivity index (χ1) is 14.5. The Bertz CT molecular complexity index is 1240. The van der Waals surface area contributed by atoms with Crippen molar-refractivity contribution >= 4 is 28.1 Å². The molecule has 0 aliphatic carbocycles. The van der Waals surface area contributed by atoms with Crippen molar-refractivity contribution in [2.45, 2.75) is 6.92 Å². The van der Waals surface area contributed by atoms with E-state index in [9.17, 15) is 14.9 Å². The van der Waals surface area contributed by atoms with Crippen LogP contribution in [0.4, 0.5) is 0 Å². The molecule has 0 fully saturated rings. The fourth-order valence-electron chi connectivity index (χ4n) is 2.73. The van der Waals surface area contributed by atoms with Crippen molar-refractivity contribution < 1.29 is 9.53 Å². The SMILES string of the molecule is COc1ccccc1-n1nc(C(=O)N/N=C/c2cccc(Br)c2)c(C)c(C#N)c1=O. The normalized spacial score (nSPS) is 10.6. The molecule has 3 rings (SSSR count). The van der Waals surface area contributed by atoms with Crippen LogP contribution in [0, 0.1) is 18.3 Å². The number of hydrogen-bond donors (Lipinski definition) is 1.